The van der Waals surface area contributed by atoms with E-state index in [1.807, 2.05) is 22.7 Å². The average Bonchev–Trinajstić information content (AvgIpc) is 3.05. The van der Waals surface area contributed by atoms with E-state index in [0.29, 0.717) is 0 Å². The molecule has 0 aliphatic rings. The van der Waals surface area contributed by atoms with Gasteiger partial charge < -0.3 is 0 Å². The molecule has 22 heavy (non-hydrogen) atoms. The molecule has 0 saturated heterocycles. The normalized spacial score (nSPS) is 11.4. The van der Waals surface area contributed by atoms with Gasteiger partial charge in [0.1, 0.15) is 0 Å². The van der Waals surface area contributed by atoms with Gasteiger partial charge in [-0.3, -0.25) is 0 Å². The highest BCUT2D eigenvalue weighted by molar-refractivity contribution is 7.23. The smallest absolute Gasteiger partial charge is 0.0524 e. The fraction of sp³-hybridized carbons (Fsp3) is 0.400. The lowest BCUT2D eigenvalue weighted by molar-refractivity contribution is 0.666. The van der Waals surface area contributed by atoms with E-state index in [0.717, 1.165) is 0 Å². The molecular weight excluding hydrogens is 304 g/mol. The van der Waals surface area contributed by atoms with Crippen LogP contribution < -0.4 is 0 Å². The first kappa shape index (κ1) is 15.8. The van der Waals surface area contributed by atoms with E-state index in [1.165, 1.54) is 62.4 Å². The summed E-state index contributed by atoms with van der Waals surface area (Å²) in [7, 11) is 0. The SMILES string of the molecule is CCCCCCc1cc(-c2sc(C)c3ccccc23)sc1C. The fourth-order valence-corrected chi connectivity index (χ4v) is 5.37. The van der Waals surface area contributed by atoms with E-state index < -0.39 is 0 Å². The second-order valence-corrected chi connectivity index (χ2v) is 8.52. The standard InChI is InChI=1S/C20H24S2/c1-4-5-6-7-10-16-13-19(21-14(16)2)20-18-12-9-8-11-17(18)15(3)22-20/h8-9,11-13H,4-7,10H2,1-3H3. The summed E-state index contributed by atoms with van der Waals surface area (Å²) >= 11 is 3.92. The molecule has 0 atom stereocenters. The minimum Gasteiger partial charge on any atom is -0.139 e. The van der Waals surface area contributed by atoms with Gasteiger partial charge >= 0.3 is 0 Å². The van der Waals surface area contributed by atoms with E-state index >= 15 is 0 Å². The number of fused-ring (bicyclic) bond motifs is 1. The zero-order valence-electron chi connectivity index (χ0n) is 13.7. The fourth-order valence-electron chi connectivity index (χ4n) is 3.06. The Hall–Kier alpha value is -1.12. The van der Waals surface area contributed by atoms with Gasteiger partial charge in [-0.25, -0.2) is 0 Å². The summed E-state index contributed by atoms with van der Waals surface area (Å²) in [5, 5.41) is 2.84. The zero-order chi connectivity index (χ0) is 15.5. The maximum atomic E-state index is 2.45. The summed E-state index contributed by atoms with van der Waals surface area (Å²) in [5.41, 5.74) is 1.56. The van der Waals surface area contributed by atoms with Gasteiger partial charge in [0.25, 0.3) is 0 Å². The van der Waals surface area contributed by atoms with Crippen LogP contribution in [0.2, 0.25) is 0 Å². The van der Waals surface area contributed by atoms with Crippen LogP contribution in [0.1, 0.15) is 47.9 Å². The quantitative estimate of drug-likeness (QED) is 0.414. The Kier molecular flexibility index (Phi) is 5.00. The number of thiophene rings is 2. The van der Waals surface area contributed by atoms with Gasteiger partial charge in [-0.1, -0.05) is 50.5 Å². The van der Waals surface area contributed by atoms with Gasteiger partial charge in [0.2, 0.25) is 0 Å². The van der Waals surface area contributed by atoms with E-state index in [2.05, 4.69) is 51.1 Å². The molecule has 3 aromatic rings. The van der Waals surface area contributed by atoms with Crippen LogP contribution in [0.15, 0.2) is 30.3 Å². The lowest BCUT2D eigenvalue weighted by Gasteiger charge is -1.99. The molecule has 0 N–H and O–H groups in total. The van der Waals surface area contributed by atoms with Gasteiger partial charge in [-0.15, -0.1) is 22.7 Å². The molecular formula is C20H24S2. The predicted molar refractivity (Wildman–Crippen MR) is 102 cm³/mol. The summed E-state index contributed by atoms with van der Waals surface area (Å²) in [6.07, 6.45) is 6.61. The molecule has 0 nitrogen and oxygen atoms in total. The van der Waals surface area contributed by atoms with Gasteiger partial charge in [0, 0.05) is 20.0 Å². The molecule has 0 aliphatic heterocycles. The molecule has 0 fully saturated rings. The minimum absolute atomic E-state index is 1.24. The van der Waals surface area contributed by atoms with Crippen molar-refractivity contribution in [1.29, 1.82) is 0 Å². The number of hydrogen-bond acceptors (Lipinski definition) is 2. The molecule has 0 radical (unpaired) electrons. The second kappa shape index (κ2) is 6.97. The van der Waals surface area contributed by atoms with Crippen molar-refractivity contribution in [3.63, 3.8) is 0 Å². The van der Waals surface area contributed by atoms with Crippen LogP contribution >= 0.6 is 22.7 Å². The van der Waals surface area contributed by atoms with Crippen LogP contribution in [0, 0.1) is 13.8 Å². The largest absolute Gasteiger partial charge is 0.139 e. The molecule has 0 aliphatic carbocycles. The Morgan fingerprint density at radius 3 is 2.41 bits per heavy atom. The predicted octanol–water partition coefficient (Wildman–Crippen LogP) is 7.37. The van der Waals surface area contributed by atoms with Crippen molar-refractivity contribution < 1.29 is 0 Å². The topological polar surface area (TPSA) is 0 Å². The molecule has 3 rings (SSSR count). The summed E-state index contributed by atoms with van der Waals surface area (Å²) in [4.78, 5) is 5.85. The maximum absolute atomic E-state index is 2.45. The molecule has 1 aromatic carbocycles. The second-order valence-electron chi connectivity index (χ2n) is 6.04. The lowest BCUT2D eigenvalue weighted by Crippen LogP contribution is -1.84. The van der Waals surface area contributed by atoms with Crippen LogP contribution in [0.3, 0.4) is 0 Å². The van der Waals surface area contributed by atoms with Crippen molar-refractivity contribution in [2.24, 2.45) is 0 Å². The van der Waals surface area contributed by atoms with E-state index in [9.17, 15) is 0 Å². The van der Waals surface area contributed by atoms with E-state index in [1.54, 1.807) is 5.56 Å². The molecule has 2 heterocycles. The van der Waals surface area contributed by atoms with Crippen molar-refractivity contribution in [2.45, 2.75) is 52.9 Å². The Balaban J connectivity index is 1.88. The average molecular weight is 329 g/mol. The van der Waals surface area contributed by atoms with Crippen LogP contribution in [0.5, 0.6) is 0 Å². The Labute approximate surface area is 141 Å². The van der Waals surface area contributed by atoms with Crippen LogP contribution in [0.4, 0.5) is 0 Å². The third-order valence-corrected chi connectivity index (χ3v) is 6.76. The number of aryl methyl sites for hydroxylation is 3. The number of rotatable bonds is 6. The maximum Gasteiger partial charge on any atom is 0.0524 e. The Morgan fingerprint density at radius 2 is 1.64 bits per heavy atom. The Bertz CT molecular complexity index is 761. The molecule has 116 valence electrons. The van der Waals surface area contributed by atoms with Crippen LogP contribution in [-0.4, -0.2) is 0 Å². The Morgan fingerprint density at radius 1 is 0.864 bits per heavy atom. The van der Waals surface area contributed by atoms with Crippen molar-refractivity contribution in [1.82, 2.24) is 0 Å². The third kappa shape index (κ3) is 3.13. The highest BCUT2D eigenvalue weighted by Gasteiger charge is 2.13. The summed E-state index contributed by atoms with van der Waals surface area (Å²) < 4.78 is 0. The van der Waals surface area contributed by atoms with E-state index in [-0.39, 0.29) is 0 Å². The first-order valence-corrected chi connectivity index (χ1v) is 9.91. The highest BCUT2D eigenvalue weighted by Crippen LogP contribution is 2.42. The number of benzene rings is 1. The lowest BCUT2D eigenvalue weighted by atomic mass is 10.1. The van der Waals surface area contributed by atoms with Gasteiger partial charge in [-0.2, -0.15) is 0 Å². The molecule has 2 aromatic heterocycles. The summed E-state index contributed by atoms with van der Waals surface area (Å²) in [5.74, 6) is 0. The van der Waals surface area contributed by atoms with Crippen molar-refractivity contribution >= 4 is 33.4 Å². The number of unbranched alkanes of at least 4 members (excludes halogenated alkanes) is 3. The molecule has 0 amide bonds. The van der Waals surface area contributed by atoms with Crippen molar-refractivity contribution in [3.05, 3.63) is 45.6 Å². The first-order valence-electron chi connectivity index (χ1n) is 8.28. The summed E-state index contributed by atoms with van der Waals surface area (Å²) in [6, 6.07) is 11.3. The molecule has 0 spiro atoms. The molecule has 2 heteroatoms. The highest BCUT2D eigenvalue weighted by atomic mass is 32.1. The van der Waals surface area contributed by atoms with Gasteiger partial charge in [0.05, 0.1) is 4.88 Å². The van der Waals surface area contributed by atoms with Gasteiger partial charge in [-0.05, 0) is 43.7 Å². The van der Waals surface area contributed by atoms with Crippen LogP contribution in [-0.2, 0) is 6.42 Å². The van der Waals surface area contributed by atoms with Crippen molar-refractivity contribution in [2.75, 3.05) is 0 Å². The third-order valence-electron chi connectivity index (χ3n) is 4.35. The zero-order valence-corrected chi connectivity index (χ0v) is 15.4. The summed E-state index contributed by atoms with van der Waals surface area (Å²) in [6.45, 7) is 6.80. The van der Waals surface area contributed by atoms with Gasteiger partial charge in [0.15, 0.2) is 0 Å². The monoisotopic (exact) mass is 328 g/mol. The molecule has 0 bridgehead atoms. The van der Waals surface area contributed by atoms with Crippen LogP contribution in [0.25, 0.3) is 20.5 Å². The first-order chi connectivity index (χ1) is 10.7. The van der Waals surface area contributed by atoms with Crippen molar-refractivity contribution in [3.8, 4) is 9.75 Å². The number of hydrogen-bond donors (Lipinski definition) is 0. The molecule has 0 unspecified atom stereocenters. The molecule has 0 saturated carbocycles. The van der Waals surface area contributed by atoms with E-state index in [4.69, 9.17) is 0 Å². The minimum atomic E-state index is 1.24.